The summed E-state index contributed by atoms with van der Waals surface area (Å²) in [4.78, 5) is 33.9. The Kier molecular flexibility index (Phi) is 6.61. The molecule has 172 valence electrons. The van der Waals surface area contributed by atoms with Gasteiger partial charge in [-0.1, -0.05) is 6.07 Å². The number of carbonyl (C=O) groups is 2. The molecule has 0 radical (unpaired) electrons. The Morgan fingerprint density at radius 2 is 2.06 bits per heavy atom. The van der Waals surface area contributed by atoms with Gasteiger partial charge < -0.3 is 15.7 Å². The summed E-state index contributed by atoms with van der Waals surface area (Å²) >= 11 is 1.48. The molecule has 0 saturated carbocycles. The van der Waals surface area contributed by atoms with Crippen LogP contribution in [0.1, 0.15) is 32.8 Å². The van der Waals surface area contributed by atoms with Crippen molar-refractivity contribution in [1.82, 2.24) is 24.9 Å². The fourth-order valence-corrected chi connectivity index (χ4v) is 4.57. The van der Waals surface area contributed by atoms with Crippen LogP contribution in [0.15, 0.2) is 36.5 Å². The molecule has 1 aromatic carbocycles. The quantitative estimate of drug-likeness (QED) is 0.488. The summed E-state index contributed by atoms with van der Waals surface area (Å²) < 4.78 is 17.7. The number of rotatable bonds is 5. The van der Waals surface area contributed by atoms with Crippen molar-refractivity contribution in [3.8, 4) is 5.75 Å². The normalized spacial score (nSPS) is 14.3. The van der Waals surface area contributed by atoms with Crippen LogP contribution in [0.3, 0.4) is 0 Å². The molecule has 0 spiro atoms. The molecule has 1 aliphatic heterocycles. The van der Waals surface area contributed by atoms with Gasteiger partial charge in [0.25, 0.3) is 11.8 Å². The van der Waals surface area contributed by atoms with Gasteiger partial charge in [0, 0.05) is 56.0 Å². The number of aromatic hydroxyl groups is 1. The standard InChI is InChI=1S/C22H23FN6O3S/c1-24-21(31)16-11-14(23)7-6-13(16)12-26-22(32)18-19(30)17-15(5-3-8-25-17)20(27-18)29-10-4-9-28(2)33-29/h3,5-8,11,30H,4,9-10,12H2,1-2H3,(H,24,31)(H,26,32). The van der Waals surface area contributed by atoms with Crippen molar-refractivity contribution < 1.29 is 19.1 Å². The average Bonchev–Trinajstić information content (AvgIpc) is 2.83. The van der Waals surface area contributed by atoms with Gasteiger partial charge in [-0.25, -0.2) is 13.7 Å². The third kappa shape index (κ3) is 4.69. The van der Waals surface area contributed by atoms with Crippen molar-refractivity contribution in [2.75, 3.05) is 31.5 Å². The maximum atomic E-state index is 13.6. The smallest absolute Gasteiger partial charge is 0.274 e. The second-order valence-electron chi connectivity index (χ2n) is 7.48. The molecule has 1 aliphatic rings. The lowest BCUT2D eigenvalue weighted by Gasteiger charge is -2.32. The van der Waals surface area contributed by atoms with Gasteiger partial charge in [0.1, 0.15) is 17.2 Å². The summed E-state index contributed by atoms with van der Waals surface area (Å²) in [5.41, 5.74) is 0.641. The van der Waals surface area contributed by atoms with Gasteiger partial charge >= 0.3 is 0 Å². The van der Waals surface area contributed by atoms with Crippen molar-refractivity contribution in [3.05, 3.63) is 59.2 Å². The number of fused-ring (bicyclic) bond motifs is 1. The zero-order valence-electron chi connectivity index (χ0n) is 18.1. The Bertz CT molecular complexity index is 1220. The highest BCUT2D eigenvalue weighted by molar-refractivity contribution is 7.98. The third-order valence-electron chi connectivity index (χ3n) is 5.22. The van der Waals surface area contributed by atoms with E-state index in [-0.39, 0.29) is 29.1 Å². The number of nitrogens with zero attached hydrogens (tertiary/aromatic N) is 4. The van der Waals surface area contributed by atoms with Crippen LogP contribution in [-0.4, -0.2) is 58.4 Å². The van der Waals surface area contributed by atoms with Gasteiger partial charge in [0.05, 0.1) is 0 Å². The van der Waals surface area contributed by atoms with Crippen LogP contribution in [0, 0.1) is 5.82 Å². The van der Waals surface area contributed by atoms with Gasteiger partial charge in [0.2, 0.25) is 0 Å². The fraction of sp³-hybridized carbons (Fsp3) is 0.273. The number of amides is 2. The highest BCUT2D eigenvalue weighted by Crippen LogP contribution is 2.36. The second kappa shape index (κ2) is 9.59. The van der Waals surface area contributed by atoms with Crippen molar-refractivity contribution in [3.63, 3.8) is 0 Å². The number of hydrogen-bond donors (Lipinski definition) is 3. The number of halogens is 1. The van der Waals surface area contributed by atoms with E-state index >= 15 is 0 Å². The van der Waals surface area contributed by atoms with Gasteiger partial charge in [-0.3, -0.25) is 18.9 Å². The molecular weight excluding hydrogens is 447 g/mol. The molecule has 3 aromatic rings. The highest BCUT2D eigenvalue weighted by Gasteiger charge is 2.25. The molecule has 1 saturated heterocycles. The molecule has 11 heteroatoms. The summed E-state index contributed by atoms with van der Waals surface area (Å²) in [5.74, 6) is -1.46. The topological polar surface area (TPSA) is 111 Å². The summed E-state index contributed by atoms with van der Waals surface area (Å²) in [7, 11) is 3.41. The SMILES string of the molecule is CNC(=O)c1cc(F)ccc1CNC(=O)c1nc(N2CCCN(C)S2)c2cccnc2c1O. The fourth-order valence-electron chi connectivity index (χ4n) is 3.59. The lowest BCUT2D eigenvalue weighted by Crippen LogP contribution is -2.33. The molecule has 3 N–H and O–H groups in total. The number of carbonyl (C=O) groups excluding carboxylic acids is 2. The van der Waals surface area contributed by atoms with Crippen LogP contribution in [0.4, 0.5) is 10.2 Å². The number of anilines is 1. The van der Waals surface area contributed by atoms with E-state index in [0.29, 0.717) is 16.8 Å². The Morgan fingerprint density at radius 1 is 1.24 bits per heavy atom. The average molecular weight is 471 g/mol. The van der Waals surface area contributed by atoms with E-state index in [1.54, 1.807) is 12.1 Å². The number of aromatic nitrogens is 2. The molecule has 3 heterocycles. The molecule has 0 atom stereocenters. The molecule has 4 rings (SSSR count). The first-order valence-corrected chi connectivity index (χ1v) is 11.0. The van der Waals surface area contributed by atoms with Crippen LogP contribution in [-0.2, 0) is 6.54 Å². The van der Waals surface area contributed by atoms with Crippen molar-refractivity contribution in [2.24, 2.45) is 0 Å². The van der Waals surface area contributed by atoms with E-state index in [1.165, 1.54) is 37.5 Å². The van der Waals surface area contributed by atoms with E-state index < -0.39 is 17.6 Å². The molecular formula is C22H23FN6O3S. The van der Waals surface area contributed by atoms with Gasteiger partial charge in [-0.2, -0.15) is 0 Å². The molecule has 0 aliphatic carbocycles. The maximum absolute atomic E-state index is 13.6. The van der Waals surface area contributed by atoms with Crippen molar-refractivity contribution >= 4 is 40.7 Å². The van der Waals surface area contributed by atoms with E-state index in [4.69, 9.17) is 0 Å². The first kappa shape index (κ1) is 22.7. The predicted molar refractivity (Wildman–Crippen MR) is 124 cm³/mol. The molecule has 9 nitrogen and oxygen atoms in total. The van der Waals surface area contributed by atoms with E-state index in [0.717, 1.165) is 25.6 Å². The second-order valence-corrected chi connectivity index (χ2v) is 8.71. The third-order valence-corrected chi connectivity index (χ3v) is 6.24. The minimum absolute atomic E-state index is 0.0558. The van der Waals surface area contributed by atoms with E-state index in [2.05, 4.69) is 24.9 Å². The van der Waals surface area contributed by atoms with Gasteiger partial charge in [0.15, 0.2) is 11.4 Å². The Morgan fingerprint density at radius 3 is 2.82 bits per heavy atom. The molecule has 1 fully saturated rings. The minimum atomic E-state index is -0.635. The zero-order chi connectivity index (χ0) is 23.5. The van der Waals surface area contributed by atoms with Crippen molar-refractivity contribution in [2.45, 2.75) is 13.0 Å². The highest BCUT2D eigenvalue weighted by atomic mass is 32.2. The molecule has 2 aromatic heterocycles. The molecule has 0 unspecified atom stereocenters. The van der Waals surface area contributed by atoms with E-state index in [9.17, 15) is 19.1 Å². The van der Waals surface area contributed by atoms with E-state index in [1.807, 2.05) is 11.4 Å². The number of hydrogen-bond acceptors (Lipinski definition) is 8. The number of benzene rings is 1. The first-order chi connectivity index (χ1) is 15.9. The van der Waals surface area contributed by atoms with Crippen LogP contribution in [0.5, 0.6) is 5.75 Å². The Balaban J connectivity index is 1.67. The van der Waals surface area contributed by atoms with Crippen LogP contribution in [0.2, 0.25) is 0 Å². The van der Waals surface area contributed by atoms with Crippen LogP contribution >= 0.6 is 12.1 Å². The summed E-state index contributed by atoms with van der Waals surface area (Å²) in [6.45, 7) is 1.59. The zero-order valence-corrected chi connectivity index (χ0v) is 18.9. The minimum Gasteiger partial charge on any atom is -0.504 e. The molecule has 33 heavy (non-hydrogen) atoms. The Hall–Kier alpha value is -3.44. The molecule has 2 amide bonds. The summed E-state index contributed by atoms with van der Waals surface area (Å²) in [6, 6.07) is 7.31. The lowest BCUT2D eigenvalue weighted by atomic mass is 10.1. The summed E-state index contributed by atoms with van der Waals surface area (Å²) in [6.07, 6.45) is 2.46. The number of pyridine rings is 2. The number of nitrogens with one attached hydrogen (secondary N) is 2. The summed E-state index contributed by atoms with van der Waals surface area (Å²) in [5, 5.41) is 16.5. The maximum Gasteiger partial charge on any atom is 0.274 e. The first-order valence-electron chi connectivity index (χ1n) is 10.3. The largest absolute Gasteiger partial charge is 0.504 e. The monoisotopic (exact) mass is 470 g/mol. The predicted octanol–water partition coefficient (Wildman–Crippen LogP) is 2.47. The lowest BCUT2D eigenvalue weighted by molar-refractivity contribution is 0.0934. The van der Waals surface area contributed by atoms with Crippen molar-refractivity contribution in [1.29, 1.82) is 0 Å². The van der Waals surface area contributed by atoms with Gasteiger partial charge in [-0.15, -0.1) is 0 Å². The van der Waals surface area contributed by atoms with Crippen LogP contribution < -0.4 is 14.9 Å². The van der Waals surface area contributed by atoms with Crippen LogP contribution in [0.25, 0.3) is 10.9 Å². The Labute approximate surface area is 194 Å². The van der Waals surface area contributed by atoms with Gasteiger partial charge in [-0.05, 0) is 43.3 Å². The molecule has 0 bridgehead atoms.